The highest BCUT2D eigenvalue weighted by Gasteiger charge is 2.41. The Kier molecular flexibility index (Phi) is 13.6. The number of carbonyl (C=O) groups excluding carboxylic acids is 2. The summed E-state index contributed by atoms with van der Waals surface area (Å²) in [6.45, 7) is 11.6. The van der Waals surface area contributed by atoms with E-state index in [2.05, 4.69) is 48.3 Å². The van der Waals surface area contributed by atoms with E-state index in [4.69, 9.17) is 9.47 Å². The van der Waals surface area contributed by atoms with Crippen LogP contribution >= 0.6 is 0 Å². The molecule has 1 saturated heterocycles. The van der Waals surface area contributed by atoms with Crippen molar-refractivity contribution in [2.75, 3.05) is 29.9 Å². The maximum atomic E-state index is 12.2. The standard InChI is InChI=1S/C20H18O8.C16H26N2/c1-11-3-7-13(8-4-11)19(25)27-15(17(21)22)16(18(23)24)28-20(26)14-9-5-12(2)6-10-14;1-14(2)10-11-17-15-8-4-5-9-16(15)18-12-6-3-7-13-18/h3-10,15-16H,1-2H3,(H,21,22)(H,23,24);4-5,8-9,14,17H,3,6-7,10-13H2,1-2H3/t15-,16-;/m0./s1. The second-order valence-electron chi connectivity index (χ2n) is 11.7. The van der Waals surface area contributed by atoms with Gasteiger partial charge in [-0.3, -0.25) is 0 Å². The van der Waals surface area contributed by atoms with Crippen LogP contribution in [0.3, 0.4) is 0 Å². The molecule has 1 aliphatic heterocycles. The van der Waals surface area contributed by atoms with Gasteiger partial charge in [0.1, 0.15) is 0 Å². The van der Waals surface area contributed by atoms with Crippen LogP contribution in [0.15, 0.2) is 72.8 Å². The molecule has 3 N–H and O–H groups in total. The molecule has 0 unspecified atom stereocenters. The second kappa shape index (κ2) is 17.6. The number of carboxylic acids is 2. The second-order valence-corrected chi connectivity index (χ2v) is 11.7. The van der Waals surface area contributed by atoms with Crippen molar-refractivity contribution in [1.82, 2.24) is 0 Å². The largest absolute Gasteiger partial charge is 0.478 e. The summed E-state index contributed by atoms with van der Waals surface area (Å²) >= 11 is 0. The minimum Gasteiger partial charge on any atom is -0.478 e. The molecule has 10 nitrogen and oxygen atoms in total. The van der Waals surface area contributed by atoms with Crippen LogP contribution in [0.2, 0.25) is 0 Å². The van der Waals surface area contributed by atoms with E-state index in [1.165, 1.54) is 74.4 Å². The van der Waals surface area contributed by atoms with Gasteiger partial charge in [0.15, 0.2) is 0 Å². The molecular weight excluding hydrogens is 588 g/mol. The fourth-order valence-electron chi connectivity index (χ4n) is 4.76. The van der Waals surface area contributed by atoms with Crippen molar-refractivity contribution in [2.24, 2.45) is 5.92 Å². The van der Waals surface area contributed by atoms with Crippen molar-refractivity contribution in [3.05, 3.63) is 95.1 Å². The molecule has 3 aromatic rings. The van der Waals surface area contributed by atoms with Gasteiger partial charge in [0.2, 0.25) is 12.2 Å². The number of hydrogen-bond acceptors (Lipinski definition) is 8. The van der Waals surface area contributed by atoms with Crippen molar-refractivity contribution in [1.29, 1.82) is 0 Å². The number of nitrogens with zero attached hydrogens (tertiary/aromatic N) is 1. The summed E-state index contributed by atoms with van der Waals surface area (Å²) in [5, 5.41) is 22.2. The lowest BCUT2D eigenvalue weighted by Gasteiger charge is -2.30. The average molecular weight is 633 g/mol. The van der Waals surface area contributed by atoms with Crippen molar-refractivity contribution in [3.63, 3.8) is 0 Å². The van der Waals surface area contributed by atoms with Crippen LogP contribution in [-0.4, -0.2) is 65.9 Å². The predicted molar refractivity (Wildman–Crippen MR) is 176 cm³/mol. The Balaban J connectivity index is 0.000000275. The Morgan fingerprint density at radius 3 is 1.61 bits per heavy atom. The summed E-state index contributed by atoms with van der Waals surface area (Å²) in [4.78, 5) is 49.9. The van der Waals surface area contributed by atoms with E-state index in [-0.39, 0.29) is 11.1 Å². The lowest BCUT2D eigenvalue weighted by Crippen LogP contribution is -2.45. The zero-order valence-electron chi connectivity index (χ0n) is 26.9. The van der Waals surface area contributed by atoms with Gasteiger partial charge in [-0.15, -0.1) is 0 Å². The first kappa shape index (κ1) is 35.6. The third-order valence-corrected chi connectivity index (χ3v) is 7.44. The number of piperidine rings is 1. The molecular formula is C36H44N2O8. The van der Waals surface area contributed by atoms with Crippen molar-refractivity contribution in [2.45, 2.75) is 65.6 Å². The number of aryl methyl sites for hydroxylation is 2. The highest BCUT2D eigenvalue weighted by atomic mass is 16.6. The minimum atomic E-state index is -2.22. The number of para-hydroxylation sites is 2. The minimum absolute atomic E-state index is 0.0332. The molecule has 0 spiro atoms. The van der Waals surface area contributed by atoms with Gasteiger partial charge in [-0.05, 0) is 81.8 Å². The van der Waals surface area contributed by atoms with Crippen LogP contribution in [0.1, 0.15) is 71.4 Å². The number of esters is 2. The van der Waals surface area contributed by atoms with Crippen LogP contribution in [0.5, 0.6) is 0 Å². The van der Waals surface area contributed by atoms with Gasteiger partial charge in [0, 0.05) is 19.6 Å². The Hall–Kier alpha value is -4.86. The summed E-state index contributed by atoms with van der Waals surface area (Å²) in [7, 11) is 0. The first-order chi connectivity index (χ1) is 22.0. The Bertz CT molecular complexity index is 1370. The summed E-state index contributed by atoms with van der Waals surface area (Å²) < 4.78 is 9.64. The van der Waals surface area contributed by atoms with Gasteiger partial charge in [0.25, 0.3) is 0 Å². The predicted octanol–water partition coefficient (Wildman–Crippen LogP) is 6.36. The molecule has 0 amide bonds. The molecule has 0 bridgehead atoms. The van der Waals surface area contributed by atoms with Crippen LogP contribution in [0, 0.1) is 19.8 Å². The van der Waals surface area contributed by atoms with E-state index in [9.17, 15) is 29.4 Å². The van der Waals surface area contributed by atoms with E-state index in [1.54, 1.807) is 38.1 Å². The molecule has 0 aromatic heterocycles. The molecule has 46 heavy (non-hydrogen) atoms. The number of rotatable bonds is 12. The third-order valence-electron chi connectivity index (χ3n) is 7.44. The summed E-state index contributed by atoms with van der Waals surface area (Å²) in [6, 6.07) is 20.8. The molecule has 0 aliphatic carbocycles. The summed E-state index contributed by atoms with van der Waals surface area (Å²) in [6.07, 6.45) is 0.843. The van der Waals surface area contributed by atoms with Crippen LogP contribution in [-0.2, 0) is 19.1 Å². The van der Waals surface area contributed by atoms with Gasteiger partial charge in [-0.1, -0.05) is 61.4 Å². The van der Waals surface area contributed by atoms with Gasteiger partial charge >= 0.3 is 23.9 Å². The van der Waals surface area contributed by atoms with Crippen LogP contribution in [0.4, 0.5) is 11.4 Å². The fraction of sp³-hybridized carbons (Fsp3) is 0.389. The number of carboxylic acid groups (broad SMARTS) is 2. The molecule has 4 rings (SSSR count). The molecule has 1 aliphatic rings. The molecule has 0 saturated carbocycles. The maximum Gasteiger partial charge on any atom is 0.349 e. The van der Waals surface area contributed by atoms with E-state index in [1.807, 2.05) is 0 Å². The van der Waals surface area contributed by atoms with E-state index >= 15 is 0 Å². The third kappa shape index (κ3) is 10.9. The smallest absolute Gasteiger partial charge is 0.349 e. The Labute approximate surface area is 270 Å². The first-order valence-corrected chi connectivity index (χ1v) is 15.5. The zero-order valence-corrected chi connectivity index (χ0v) is 26.9. The highest BCUT2D eigenvalue weighted by molar-refractivity contribution is 5.95. The summed E-state index contributed by atoms with van der Waals surface area (Å²) in [5.41, 5.74) is 4.49. The van der Waals surface area contributed by atoms with E-state index in [0.29, 0.717) is 0 Å². The van der Waals surface area contributed by atoms with Crippen molar-refractivity contribution in [3.8, 4) is 0 Å². The molecule has 1 fully saturated rings. The molecule has 3 aromatic carbocycles. The van der Waals surface area contributed by atoms with Gasteiger partial charge in [0.05, 0.1) is 22.5 Å². The first-order valence-electron chi connectivity index (χ1n) is 15.5. The molecule has 10 heteroatoms. The molecule has 246 valence electrons. The average Bonchev–Trinajstić information content (AvgIpc) is 3.03. The maximum absolute atomic E-state index is 12.2. The lowest BCUT2D eigenvalue weighted by atomic mass is 10.1. The summed E-state index contributed by atoms with van der Waals surface area (Å²) in [5.74, 6) is -4.86. The lowest BCUT2D eigenvalue weighted by molar-refractivity contribution is -0.166. The SMILES string of the molecule is CC(C)CCNc1ccccc1N1CCCCC1.Cc1ccc(C(=O)O[C@H](C(=O)O)[C@H](OC(=O)c2ccc(C)cc2)C(=O)O)cc1. The quantitative estimate of drug-likeness (QED) is 0.193. The number of ether oxygens (including phenoxy) is 2. The normalized spacial score (nSPS) is 13.9. The van der Waals surface area contributed by atoms with E-state index in [0.717, 1.165) is 23.6 Å². The van der Waals surface area contributed by atoms with Gasteiger partial charge in [-0.25, -0.2) is 19.2 Å². The molecule has 2 atom stereocenters. The number of hydrogen-bond donors (Lipinski definition) is 3. The fourth-order valence-corrected chi connectivity index (χ4v) is 4.76. The number of nitrogens with one attached hydrogen (secondary N) is 1. The zero-order chi connectivity index (χ0) is 33.6. The highest BCUT2D eigenvalue weighted by Crippen LogP contribution is 2.28. The van der Waals surface area contributed by atoms with Crippen LogP contribution < -0.4 is 10.2 Å². The number of benzene rings is 3. The van der Waals surface area contributed by atoms with Crippen LogP contribution in [0.25, 0.3) is 0 Å². The van der Waals surface area contributed by atoms with E-state index < -0.39 is 36.1 Å². The monoisotopic (exact) mass is 632 g/mol. The number of carbonyl (C=O) groups is 4. The number of aliphatic carboxylic acids is 2. The van der Waals surface area contributed by atoms with Gasteiger partial charge in [-0.2, -0.15) is 0 Å². The van der Waals surface area contributed by atoms with Crippen molar-refractivity contribution >= 4 is 35.3 Å². The Morgan fingerprint density at radius 1 is 0.717 bits per heavy atom. The van der Waals surface area contributed by atoms with Gasteiger partial charge < -0.3 is 29.9 Å². The number of anilines is 2. The van der Waals surface area contributed by atoms with Crippen molar-refractivity contribution < 1.29 is 38.9 Å². The topological polar surface area (TPSA) is 142 Å². The molecule has 0 radical (unpaired) electrons. The molecule has 1 heterocycles. The Morgan fingerprint density at radius 2 is 1.17 bits per heavy atom.